The van der Waals surface area contributed by atoms with Crippen LogP contribution >= 0.6 is 0 Å². The lowest BCUT2D eigenvalue weighted by atomic mass is 9.91. The van der Waals surface area contributed by atoms with Crippen LogP contribution in [0.15, 0.2) is 24.3 Å². The highest BCUT2D eigenvalue weighted by Gasteiger charge is 2.30. The monoisotopic (exact) mass is 257 g/mol. The van der Waals surface area contributed by atoms with E-state index in [0.29, 0.717) is 5.92 Å². The third-order valence-electron chi connectivity index (χ3n) is 3.53. The summed E-state index contributed by atoms with van der Waals surface area (Å²) >= 11 is 0. The van der Waals surface area contributed by atoms with E-state index in [1.54, 1.807) is 12.1 Å². The van der Waals surface area contributed by atoms with E-state index in [1.807, 2.05) is 0 Å². The lowest BCUT2D eigenvalue weighted by Gasteiger charge is -2.29. The molecule has 0 aliphatic carbocycles. The van der Waals surface area contributed by atoms with Crippen LogP contribution in [-0.4, -0.2) is 25.0 Å². The minimum absolute atomic E-state index is 0.563. The molecule has 18 heavy (non-hydrogen) atoms. The summed E-state index contributed by atoms with van der Waals surface area (Å²) in [5, 5.41) is 0. The summed E-state index contributed by atoms with van der Waals surface area (Å²) in [6, 6.07) is 5.58. The largest absolute Gasteiger partial charge is 0.416 e. The van der Waals surface area contributed by atoms with Gasteiger partial charge in [0.1, 0.15) is 0 Å². The number of halogens is 3. The molecular weight excluding hydrogens is 239 g/mol. The van der Waals surface area contributed by atoms with Crippen molar-refractivity contribution in [2.24, 2.45) is 5.92 Å². The van der Waals surface area contributed by atoms with Crippen LogP contribution in [0.5, 0.6) is 0 Å². The number of alkyl halides is 3. The molecule has 0 N–H and O–H groups in total. The van der Waals surface area contributed by atoms with Crippen molar-refractivity contribution in [2.45, 2.75) is 25.4 Å². The van der Waals surface area contributed by atoms with Gasteiger partial charge in [0, 0.05) is 6.54 Å². The maximum atomic E-state index is 12.4. The third kappa shape index (κ3) is 3.48. The molecule has 4 heteroatoms. The van der Waals surface area contributed by atoms with Crippen LogP contribution in [0.25, 0.3) is 0 Å². The number of benzene rings is 1. The Balaban J connectivity index is 1.98. The van der Waals surface area contributed by atoms with Crippen molar-refractivity contribution in [3.63, 3.8) is 0 Å². The summed E-state index contributed by atoms with van der Waals surface area (Å²) in [5.41, 5.74) is 0.440. The van der Waals surface area contributed by atoms with Gasteiger partial charge in [0.05, 0.1) is 5.56 Å². The van der Waals surface area contributed by atoms with Gasteiger partial charge >= 0.3 is 6.18 Å². The Bertz CT molecular complexity index is 383. The Morgan fingerprint density at radius 3 is 2.44 bits per heavy atom. The topological polar surface area (TPSA) is 3.24 Å². The number of hydrogen-bond acceptors (Lipinski definition) is 1. The molecule has 1 aromatic rings. The van der Waals surface area contributed by atoms with Crippen molar-refractivity contribution >= 4 is 0 Å². The first-order chi connectivity index (χ1) is 8.45. The molecule has 1 aromatic carbocycles. The maximum absolute atomic E-state index is 12.4. The zero-order chi connectivity index (χ0) is 13.2. The molecule has 1 aliphatic rings. The quantitative estimate of drug-likeness (QED) is 0.782. The highest BCUT2D eigenvalue weighted by atomic mass is 19.4. The number of nitrogens with zero attached hydrogens (tertiary/aromatic N) is 1. The van der Waals surface area contributed by atoms with E-state index in [9.17, 15) is 13.2 Å². The van der Waals surface area contributed by atoms with Crippen molar-refractivity contribution < 1.29 is 13.2 Å². The van der Waals surface area contributed by atoms with Crippen LogP contribution in [0, 0.1) is 5.92 Å². The van der Waals surface area contributed by atoms with Gasteiger partial charge in [-0.1, -0.05) is 12.1 Å². The second-order valence-electron chi connectivity index (χ2n) is 5.17. The van der Waals surface area contributed by atoms with Gasteiger partial charge in [-0.15, -0.1) is 0 Å². The van der Waals surface area contributed by atoms with Crippen molar-refractivity contribution in [1.82, 2.24) is 4.90 Å². The Labute approximate surface area is 106 Å². The van der Waals surface area contributed by atoms with Crippen LogP contribution in [0.4, 0.5) is 13.2 Å². The number of hydrogen-bond donors (Lipinski definition) is 0. The van der Waals surface area contributed by atoms with Gasteiger partial charge < -0.3 is 4.90 Å². The van der Waals surface area contributed by atoms with E-state index in [-0.39, 0.29) is 0 Å². The van der Waals surface area contributed by atoms with E-state index < -0.39 is 11.7 Å². The zero-order valence-corrected chi connectivity index (χ0v) is 10.5. The summed E-state index contributed by atoms with van der Waals surface area (Å²) in [7, 11) is 2.10. The molecule has 1 unspecified atom stereocenters. The third-order valence-corrected chi connectivity index (χ3v) is 3.53. The summed E-state index contributed by atoms with van der Waals surface area (Å²) < 4.78 is 37.3. The molecule has 0 radical (unpaired) electrons. The van der Waals surface area contributed by atoms with E-state index in [0.717, 1.165) is 25.1 Å². The van der Waals surface area contributed by atoms with Crippen molar-refractivity contribution in [2.75, 3.05) is 20.1 Å². The SMILES string of the molecule is CN1CCCC(Cc2ccc(C(F)(F)F)cc2)C1. The molecule has 0 aromatic heterocycles. The molecule has 1 atom stereocenters. The standard InChI is InChI=1S/C14H18F3N/c1-18-8-2-3-12(10-18)9-11-4-6-13(7-5-11)14(15,16)17/h4-7,12H,2-3,8-10H2,1H3. The first kappa shape index (κ1) is 13.4. The molecule has 2 rings (SSSR count). The van der Waals surface area contributed by atoms with Crippen LogP contribution in [-0.2, 0) is 12.6 Å². The Morgan fingerprint density at radius 2 is 1.89 bits per heavy atom. The predicted molar refractivity (Wildman–Crippen MR) is 65.4 cm³/mol. The van der Waals surface area contributed by atoms with Crippen LogP contribution in [0.2, 0.25) is 0 Å². The molecule has 1 nitrogen and oxygen atoms in total. The first-order valence-corrected chi connectivity index (χ1v) is 6.30. The van der Waals surface area contributed by atoms with Gasteiger partial charge in [0.15, 0.2) is 0 Å². The Hall–Kier alpha value is -1.03. The van der Waals surface area contributed by atoms with Gasteiger partial charge in [-0.25, -0.2) is 0 Å². The normalized spacial score (nSPS) is 22.1. The number of piperidine rings is 1. The van der Waals surface area contributed by atoms with Crippen molar-refractivity contribution in [1.29, 1.82) is 0 Å². The van der Waals surface area contributed by atoms with E-state index in [4.69, 9.17) is 0 Å². The van der Waals surface area contributed by atoms with Crippen LogP contribution in [0.1, 0.15) is 24.0 Å². The lowest BCUT2D eigenvalue weighted by molar-refractivity contribution is -0.137. The summed E-state index contributed by atoms with van der Waals surface area (Å²) in [5.74, 6) is 0.570. The van der Waals surface area contributed by atoms with Crippen LogP contribution in [0.3, 0.4) is 0 Å². The Morgan fingerprint density at radius 1 is 1.22 bits per heavy atom. The van der Waals surface area contributed by atoms with Gasteiger partial charge in [-0.3, -0.25) is 0 Å². The highest BCUT2D eigenvalue weighted by molar-refractivity contribution is 5.25. The average Bonchev–Trinajstić information content (AvgIpc) is 2.28. The Kier molecular flexibility index (Phi) is 3.95. The molecule has 1 saturated heterocycles. The molecule has 1 fully saturated rings. The molecule has 0 saturated carbocycles. The van der Waals surface area contributed by atoms with Crippen molar-refractivity contribution in [3.8, 4) is 0 Å². The van der Waals surface area contributed by atoms with Gasteiger partial charge in [-0.05, 0) is 56.5 Å². The van der Waals surface area contributed by atoms with Gasteiger partial charge in [-0.2, -0.15) is 13.2 Å². The van der Waals surface area contributed by atoms with E-state index in [1.165, 1.54) is 25.0 Å². The fraction of sp³-hybridized carbons (Fsp3) is 0.571. The molecule has 1 heterocycles. The molecular formula is C14H18F3N. The molecule has 0 amide bonds. The fourth-order valence-corrected chi connectivity index (χ4v) is 2.60. The predicted octanol–water partition coefficient (Wildman–Crippen LogP) is 3.59. The van der Waals surface area contributed by atoms with E-state index in [2.05, 4.69) is 11.9 Å². The van der Waals surface area contributed by atoms with Crippen LogP contribution < -0.4 is 0 Å². The molecule has 100 valence electrons. The summed E-state index contributed by atoms with van der Waals surface area (Å²) in [4.78, 5) is 2.29. The average molecular weight is 257 g/mol. The lowest BCUT2D eigenvalue weighted by Crippen LogP contribution is -2.32. The second kappa shape index (κ2) is 5.31. The molecule has 0 spiro atoms. The summed E-state index contributed by atoms with van der Waals surface area (Å²) in [6.45, 7) is 2.17. The van der Waals surface area contributed by atoms with Crippen molar-refractivity contribution in [3.05, 3.63) is 35.4 Å². The maximum Gasteiger partial charge on any atom is 0.416 e. The summed E-state index contributed by atoms with van der Waals surface area (Å²) in [6.07, 6.45) is -1.00. The molecule has 1 aliphatic heterocycles. The zero-order valence-electron chi connectivity index (χ0n) is 10.5. The molecule has 0 bridgehead atoms. The number of rotatable bonds is 2. The minimum atomic E-state index is -4.23. The second-order valence-corrected chi connectivity index (χ2v) is 5.17. The van der Waals surface area contributed by atoms with E-state index >= 15 is 0 Å². The van der Waals surface area contributed by atoms with Gasteiger partial charge in [0.25, 0.3) is 0 Å². The van der Waals surface area contributed by atoms with Gasteiger partial charge in [0.2, 0.25) is 0 Å². The highest BCUT2D eigenvalue weighted by Crippen LogP contribution is 2.29. The number of likely N-dealkylation sites (tertiary alicyclic amines) is 1. The fourth-order valence-electron chi connectivity index (χ4n) is 2.60. The first-order valence-electron chi connectivity index (χ1n) is 6.30. The minimum Gasteiger partial charge on any atom is -0.306 e. The smallest absolute Gasteiger partial charge is 0.306 e.